The molecule has 2 nitrogen and oxygen atoms in total. The molecule has 0 amide bonds. The Morgan fingerprint density at radius 3 is 2.00 bits per heavy atom. The molecule has 7 aromatic rings. The van der Waals surface area contributed by atoms with Crippen LogP contribution in [0, 0.1) is 0 Å². The van der Waals surface area contributed by atoms with E-state index in [9.17, 15) is 1.37 Å². The maximum atomic E-state index is 9.32. The minimum atomic E-state index is -0.668. The van der Waals surface area contributed by atoms with Gasteiger partial charge >= 0.3 is 0 Å². The highest BCUT2D eigenvalue weighted by atomic mass is 16.5. The number of hydrogen-bond donors (Lipinski definition) is 0. The molecule has 0 bridgehead atoms. The van der Waals surface area contributed by atoms with Crippen molar-refractivity contribution in [2.24, 2.45) is 0 Å². The maximum absolute atomic E-state index is 9.32. The van der Waals surface area contributed by atoms with Crippen LogP contribution < -0.4 is 4.74 Å². The van der Waals surface area contributed by atoms with Crippen LogP contribution in [0.3, 0.4) is 0 Å². The number of para-hydroxylation sites is 2. The minimum absolute atomic E-state index is 0.0484. The lowest BCUT2D eigenvalue weighted by atomic mass is 9.92. The Bertz CT molecular complexity index is 2590. The van der Waals surface area contributed by atoms with Crippen molar-refractivity contribution in [3.63, 3.8) is 0 Å². The average molecular weight is 473 g/mol. The highest BCUT2D eigenvalue weighted by Crippen LogP contribution is 2.47. The molecule has 2 heteroatoms. The van der Waals surface area contributed by atoms with Gasteiger partial charge in [0.1, 0.15) is 11.5 Å². The molecule has 0 aliphatic carbocycles. The van der Waals surface area contributed by atoms with E-state index >= 15 is 0 Å². The molecule has 36 heavy (non-hydrogen) atoms. The van der Waals surface area contributed by atoms with Crippen LogP contribution in [-0.4, -0.2) is 4.57 Å². The summed E-state index contributed by atoms with van der Waals surface area (Å²) in [7, 11) is 0. The van der Waals surface area contributed by atoms with Gasteiger partial charge in [-0.2, -0.15) is 0 Å². The van der Waals surface area contributed by atoms with E-state index in [4.69, 9.17) is 21.2 Å². The first-order valence-corrected chi connectivity index (χ1v) is 11.2. The second-order valence-corrected chi connectivity index (χ2v) is 8.35. The van der Waals surface area contributed by atoms with Crippen LogP contribution in [0.15, 0.2) is 127 Å². The summed E-state index contributed by atoms with van der Waals surface area (Å²) in [5, 5.41) is 1.29. The predicted octanol–water partition coefficient (Wildman–Crippen LogP) is 9.38. The normalized spacial score (nSPS) is 17.2. The molecule has 0 atom stereocenters. The first-order valence-electron chi connectivity index (χ1n) is 17.7. The van der Waals surface area contributed by atoms with Crippen molar-refractivity contribution in [2.45, 2.75) is 0 Å². The molecule has 1 aliphatic heterocycles. The lowest BCUT2D eigenvalue weighted by Gasteiger charge is -2.22. The zero-order valence-electron chi connectivity index (χ0n) is 31.5. The summed E-state index contributed by atoms with van der Waals surface area (Å²) in [5.41, 5.74) is -0.124. The summed E-state index contributed by atoms with van der Waals surface area (Å²) < 4.78 is 122. The minimum Gasteiger partial charge on any atom is -0.456 e. The third-order valence-corrected chi connectivity index (χ3v) is 6.36. The first-order chi connectivity index (χ1) is 23.3. The van der Waals surface area contributed by atoms with Gasteiger partial charge in [-0.3, -0.25) is 0 Å². The van der Waals surface area contributed by atoms with Gasteiger partial charge in [-0.05, 0) is 64.4 Å². The van der Waals surface area contributed by atoms with E-state index in [1.165, 1.54) is 0 Å². The van der Waals surface area contributed by atoms with Crippen LogP contribution in [0.2, 0.25) is 0 Å². The summed E-state index contributed by atoms with van der Waals surface area (Å²) in [6.07, 6.45) is 0. The molecule has 2 heterocycles. The van der Waals surface area contributed by atoms with E-state index in [0.717, 1.165) is 10.8 Å². The van der Waals surface area contributed by atoms with Crippen molar-refractivity contribution in [3.8, 4) is 39.4 Å². The lowest BCUT2D eigenvalue weighted by Crippen LogP contribution is -1.97. The van der Waals surface area contributed by atoms with Crippen LogP contribution in [0.1, 0.15) is 17.8 Å². The molecule has 0 N–H and O–H groups in total. The molecule has 0 fully saturated rings. The molecule has 0 unspecified atom stereocenters. The monoisotopic (exact) mass is 472 g/mol. The molecular formula is C34H21NO. The largest absolute Gasteiger partial charge is 0.456 e. The Kier molecular flexibility index (Phi) is 2.21. The predicted molar refractivity (Wildman–Crippen MR) is 149 cm³/mol. The van der Waals surface area contributed by atoms with Crippen LogP contribution in [0.4, 0.5) is 0 Å². The highest BCUT2D eigenvalue weighted by molar-refractivity contribution is 6.09. The van der Waals surface area contributed by atoms with Crippen molar-refractivity contribution >= 4 is 32.6 Å². The third-order valence-electron chi connectivity index (χ3n) is 6.36. The van der Waals surface area contributed by atoms with Gasteiger partial charge in [-0.1, -0.05) is 84.7 Å². The van der Waals surface area contributed by atoms with Crippen LogP contribution >= 0.6 is 0 Å². The van der Waals surface area contributed by atoms with Gasteiger partial charge < -0.3 is 9.30 Å². The van der Waals surface area contributed by atoms with Crippen LogP contribution in [0.5, 0.6) is 11.5 Å². The maximum Gasteiger partial charge on any atom is 0.135 e. The fourth-order valence-electron chi connectivity index (χ4n) is 4.78. The van der Waals surface area contributed by atoms with Crippen molar-refractivity contribution in [1.82, 2.24) is 4.57 Å². The van der Waals surface area contributed by atoms with Crippen LogP contribution in [0.25, 0.3) is 60.5 Å². The van der Waals surface area contributed by atoms with E-state index in [-0.39, 0.29) is 33.3 Å². The Morgan fingerprint density at radius 2 is 1.25 bits per heavy atom. The molecule has 0 saturated heterocycles. The van der Waals surface area contributed by atoms with E-state index in [1.54, 1.807) is 16.7 Å². The molecule has 0 saturated carbocycles. The Balaban J connectivity index is 1.48. The van der Waals surface area contributed by atoms with Crippen molar-refractivity contribution in [1.29, 1.82) is 0 Å². The van der Waals surface area contributed by atoms with Crippen molar-refractivity contribution < 1.29 is 22.6 Å². The number of aromatic nitrogens is 1. The van der Waals surface area contributed by atoms with E-state index in [0.29, 0.717) is 11.0 Å². The second kappa shape index (κ2) is 7.34. The summed E-state index contributed by atoms with van der Waals surface area (Å²) in [4.78, 5) is 0. The van der Waals surface area contributed by atoms with E-state index in [2.05, 4.69) is 0 Å². The summed E-state index contributed by atoms with van der Waals surface area (Å²) in [5.74, 6) is -0.777. The number of ether oxygens (including phenoxy) is 1. The third kappa shape index (κ3) is 2.73. The van der Waals surface area contributed by atoms with Crippen LogP contribution in [-0.2, 0) is 0 Å². The zero-order valence-corrected chi connectivity index (χ0v) is 18.5. The molecule has 0 radical (unpaired) electrons. The lowest BCUT2D eigenvalue weighted by molar-refractivity contribution is 0.487. The molecule has 1 aliphatic rings. The number of fused-ring (bicyclic) bond motifs is 5. The standard InChI is InChI=1S/C34H21NO/c1-3-12-30-26(9-1)27-10-2-4-13-31(27)35(30)25-18-15-22(16-19-25)24-17-20-32-29(21-24)28-11-5-7-23-8-6-14-33(36-32)34(23)28/h1-21H/i5D,6D,7D,8D,11D,14D,15D,16D,17D,18D,19D,20D,21D. The highest BCUT2D eigenvalue weighted by Gasteiger charge is 2.20. The topological polar surface area (TPSA) is 14.2 Å². The molecule has 168 valence electrons. The molecule has 1 aromatic heterocycles. The molecule has 8 rings (SSSR count). The molecular weight excluding hydrogens is 438 g/mol. The number of rotatable bonds is 2. The number of benzene rings is 6. The first kappa shape index (κ1) is 10.8. The van der Waals surface area contributed by atoms with Gasteiger partial charge in [0, 0.05) is 27.4 Å². The Morgan fingerprint density at radius 1 is 0.583 bits per heavy atom. The van der Waals surface area contributed by atoms with Gasteiger partial charge in [0.2, 0.25) is 0 Å². The van der Waals surface area contributed by atoms with Crippen molar-refractivity contribution in [3.05, 3.63) is 127 Å². The fraction of sp³-hybridized carbons (Fsp3) is 0. The molecule has 0 spiro atoms. The van der Waals surface area contributed by atoms with Gasteiger partial charge in [0.15, 0.2) is 0 Å². The summed E-state index contributed by atoms with van der Waals surface area (Å²) in [6.45, 7) is 0. The van der Waals surface area contributed by atoms with Gasteiger partial charge in [-0.25, -0.2) is 0 Å². The Hall–Kier alpha value is -4.82. The summed E-state index contributed by atoms with van der Waals surface area (Å²) >= 11 is 0. The smallest absolute Gasteiger partial charge is 0.135 e. The summed E-state index contributed by atoms with van der Waals surface area (Å²) in [6, 6.07) is 7.29. The second-order valence-electron chi connectivity index (χ2n) is 8.35. The number of hydrogen-bond acceptors (Lipinski definition) is 1. The SMILES string of the molecule is [2H]c1c([2H])c(-c2c([2H])c([2H])c(-n3c4ccccc4c4ccccc43)c([2H])c2[2H])c([2H])c2c1Oc1c([2H])c([2H])c([2H])c3c([2H])c([2H])c([2H])c-2c13. The van der Waals surface area contributed by atoms with Crippen molar-refractivity contribution in [2.75, 3.05) is 0 Å². The van der Waals surface area contributed by atoms with Gasteiger partial charge in [0.25, 0.3) is 0 Å². The molecule has 6 aromatic carbocycles. The fourth-order valence-corrected chi connectivity index (χ4v) is 4.78. The van der Waals surface area contributed by atoms with Gasteiger partial charge in [0.05, 0.1) is 28.9 Å². The van der Waals surface area contributed by atoms with Gasteiger partial charge in [-0.15, -0.1) is 0 Å². The quantitative estimate of drug-likeness (QED) is 0.244. The zero-order chi connectivity index (χ0) is 35.0. The average Bonchev–Trinajstić information content (AvgIpc) is 3.42. The van der Waals surface area contributed by atoms with E-state index < -0.39 is 95.4 Å². The van der Waals surface area contributed by atoms with E-state index in [1.807, 2.05) is 36.4 Å². The number of nitrogens with zero attached hydrogens (tertiary/aromatic N) is 1. The Labute approximate surface area is 226 Å².